The average Bonchev–Trinajstić information content (AvgIpc) is 3.28. The highest BCUT2D eigenvalue weighted by molar-refractivity contribution is 5.52. The first-order valence-corrected chi connectivity index (χ1v) is 8.20. The first-order chi connectivity index (χ1) is 11.8. The number of rotatable bonds is 4. The Morgan fingerprint density at radius 1 is 1.17 bits per heavy atom. The molecule has 1 aliphatic heterocycles. The van der Waals surface area contributed by atoms with E-state index in [9.17, 15) is 4.39 Å². The van der Waals surface area contributed by atoms with E-state index in [1.807, 2.05) is 6.20 Å². The van der Waals surface area contributed by atoms with Crippen molar-refractivity contribution in [3.8, 4) is 11.5 Å². The molecule has 24 heavy (non-hydrogen) atoms. The second kappa shape index (κ2) is 6.57. The van der Waals surface area contributed by atoms with E-state index < -0.39 is 0 Å². The number of H-pyrrole nitrogens is 1. The smallest absolute Gasteiger partial charge is 0.226 e. The number of piperidine rings is 1. The maximum atomic E-state index is 13.0. The van der Waals surface area contributed by atoms with Crippen LogP contribution in [-0.4, -0.2) is 33.2 Å². The van der Waals surface area contributed by atoms with Crippen LogP contribution >= 0.6 is 0 Å². The van der Waals surface area contributed by atoms with Crippen molar-refractivity contribution in [2.45, 2.75) is 25.3 Å². The van der Waals surface area contributed by atoms with E-state index in [4.69, 9.17) is 4.42 Å². The quantitative estimate of drug-likeness (QED) is 0.796. The molecule has 6 heteroatoms. The Bertz CT molecular complexity index is 774. The van der Waals surface area contributed by atoms with Crippen molar-refractivity contribution in [3.63, 3.8) is 0 Å². The molecule has 124 valence electrons. The fourth-order valence-corrected chi connectivity index (χ4v) is 3.23. The highest BCUT2D eigenvalue weighted by Crippen LogP contribution is 2.27. The number of oxazole rings is 1. The maximum absolute atomic E-state index is 13.0. The molecule has 1 aliphatic rings. The minimum absolute atomic E-state index is 0.259. The zero-order valence-electron chi connectivity index (χ0n) is 13.3. The number of hydrogen-bond acceptors (Lipinski definition) is 4. The van der Waals surface area contributed by atoms with Gasteiger partial charge in [0, 0.05) is 29.9 Å². The molecule has 4 rings (SSSR count). The Hall–Kier alpha value is -2.47. The van der Waals surface area contributed by atoms with E-state index in [2.05, 4.69) is 26.1 Å². The minimum atomic E-state index is -0.259. The summed E-state index contributed by atoms with van der Waals surface area (Å²) in [5.74, 6) is 0.846. The van der Waals surface area contributed by atoms with Gasteiger partial charge < -0.3 is 4.42 Å². The molecule has 0 atom stereocenters. The Morgan fingerprint density at radius 2 is 1.96 bits per heavy atom. The molecule has 1 fully saturated rings. The van der Waals surface area contributed by atoms with Gasteiger partial charge in [0.15, 0.2) is 0 Å². The summed E-state index contributed by atoms with van der Waals surface area (Å²) in [5.41, 5.74) is 2.93. The van der Waals surface area contributed by atoms with Gasteiger partial charge in [-0.3, -0.25) is 10.00 Å². The van der Waals surface area contributed by atoms with Crippen LogP contribution in [0.15, 0.2) is 47.2 Å². The maximum Gasteiger partial charge on any atom is 0.226 e. The fourth-order valence-electron chi connectivity index (χ4n) is 3.23. The van der Waals surface area contributed by atoms with Gasteiger partial charge in [-0.25, -0.2) is 9.37 Å². The van der Waals surface area contributed by atoms with Gasteiger partial charge >= 0.3 is 0 Å². The van der Waals surface area contributed by atoms with Gasteiger partial charge in [0.25, 0.3) is 0 Å². The monoisotopic (exact) mass is 326 g/mol. The average molecular weight is 326 g/mol. The molecule has 0 aliphatic carbocycles. The van der Waals surface area contributed by atoms with Gasteiger partial charge in [-0.2, -0.15) is 5.10 Å². The molecular weight excluding hydrogens is 307 g/mol. The SMILES string of the molecule is Fc1ccc(-c2nc(CN3CCC(c4ccn[nH]4)CC3)co2)cc1. The highest BCUT2D eigenvalue weighted by atomic mass is 19.1. The fraction of sp³-hybridized carbons (Fsp3) is 0.333. The first-order valence-electron chi connectivity index (χ1n) is 8.20. The van der Waals surface area contributed by atoms with E-state index in [0.29, 0.717) is 11.8 Å². The van der Waals surface area contributed by atoms with Crippen molar-refractivity contribution < 1.29 is 8.81 Å². The first kappa shape index (κ1) is 15.1. The van der Waals surface area contributed by atoms with Crippen LogP contribution in [0.5, 0.6) is 0 Å². The molecule has 0 spiro atoms. The summed E-state index contributed by atoms with van der Waals surface area (Å²) >= 11 is 0. The zero-order chi connectivity index (χ0) is 16.4. The third-order valence-electron chi connectivity index (χ3n) is 4.58. The van der Waals surface area contributed by atoms with Crippen LogP contribution in [-0.2, 0) is 6.54 Å². The van der Waals surface area contributed by atoms with Crippen LogP contribution in [0.25, 0.3) is 11.5 Å². The molecule has 2 aromatic heterocycles. The van der Waals surface area contributed by atoms with Crippen LogP contribution in [0.3, 0.4) is 0 Å². The molecule has 3 aromatic rings. The molecule has 1 saturated heterocycles. The van der Waals surface area contributed by atoms with Crippen LogP contribution in [0.4, 0.5) is 4.39 Å². The topological polar surface area (TPSA) is 58.0 Å². The Balaban J connectivity index is 1.36. The van der Waals surface area contributed by atoms with Crippen LogP contribution in [0, 0.1) is 5.82 Å². The van der Waals surface area contributed by atoms with Gasteiger partial charge in [-0.05, 0) is 56.3 Å². The Morgan fingerprint density at radius 3 is 2.67 bits per heavy atom. The van der Waals surface area contributed by atoms with Gasteiger partial charge in [0.2, 0.25) is 5.89 Å². The number of benzene rings is 1. The minimum Gasteiger partial charge on any atom is -0.444 e. The van der Waals surface area contributed by atoms with Crippen molar-refractivity contribution in [3.05, 3.63) is 60.0 Å². The number of hydrogen-bond donors (Lipinski definition) is 1. The number of aromatic amines is 1. The van der Waals surface area contributed by atoms with E-state index >= 15 is 0 Å². The molecule has 0 amide bonds. The zero-order valence-corrected chi connectivity index (χ0v) is 13.3. The Kier molecular flexibility index (Phi) is 4.13. The summed E-state index contributed by atoms with van der Waals surface area (Å²) in [4.78, 5) is 6.91. The molecule has 1 aromatic carbocycles. The number of likely N-dealkylation sites (tertiary alicyclic amines) is 1. The van der Waals surface area contributed by atoms with Crippen molar-refractivity contribution in [2.75, 3.05) is 13.1 Å². The van der Waals surface area contributed by atoms with Gasteiger partial charge in [0.05, 0.1) is 5.69 Å². The summed E-state index contributed by atoms with van der Waals surface area (Å²) in [6, 6.07) is 8.26. The predicted molar refractivity (Wildman–Crippen MR) is 87.7 cm³/mol. The van der Waals surface area contributed by atoms with E-state index in [0.717, 1.165) is 43.7 Å². The normalized spacial score (nSPS) is 16.5. The number of nitrogens with zero attached hydrogens (tertiary/aromatic N) is 3. The third-order valence-corrected chi connectivity index (χ3v) is 4.58. The summed E-state index contributed by atoms with van der Waals surface area (Å²) in [7, 11) is 0. The lowest BCUT2D eigenvalue weighted by molar-refractivity contribution is 0.201. The molecule has 0 unspecified atom stereocenters. The lowest BCUT2D eigenvalue weighted by atomic mass is 9.94. The lowest BCUT2D eigenvalue weighted by Crippen LogP contribution is -2.32. The second-order valence-electron chi connectivity index (χ2n) is 6.21. The second-order valence-corrected chi connectivity index (χ2v) is 6.21. The number of halogens is 1. The van der Waals surface area contributed by atoms with Crippen molar-refractivity contribution in [1.82, 2.24) is 20.1 Å². The molecule has 3 heterocycles. The molecule has 1 N–H and O–H groups in total. The van der Waals surface area contributed by atoms with Crippen LogP contribution in [0.2, 0.25) is 0 Å². The predicted octanol–water partition coefficient (Wildman–Crippen LogP) is 3.58. The van der Waals surface area contributed by atoms with Crippen molar-refractivity contribution in [2.24, 2.45) is 0 Å². The van der Waals surface area contributed by atoms with Gasteiger partial charge in [-0.1, -0.05) is 0 Å². The standard InChI is InChI=1S/C18H19FN4O/c19-15-3-1-14(2-4-15)18-21-16(12-24-18)11-23-9-6-13(7-10-23)17-5-8-20-22-17/h1-5,8,12-13H,6-7,9-11H2,(H,20,22). The van der Waals surface area contributed by atoms with Gasteiger partial charge in [-0.15, -0.1) is 0 Å². The highest BCUT2D eigenvalue weighted by Gasteiger charge is 2.22. The van der Waals surface area contributed by atoms with E-state index in [1.54, 1.807) is 18.4 Å². The summed E-state index contributed by atoms with van der Waals surface area (Å²) < 4.78 is 18.5. The molecule has 0 saturated carbocycles. The molecular formula is C18H19FN4O. The van der Waals surface area contributed by atoms with Crippen molar-refractivity contribution in [1.29, 1.82) is 0 Å². The largest absolute Gasteiger partial charge is 0.444 e. The molecule has 5 nitrogen and oxygen atoms in total. The number of aromatic nitrogens is 3. The van der Waals surface area contributed by atoms with E-state index in [1.165, 1.54) is 17.8 Å². The lowest BCUT2D eigenvalue weighted by Gasteiger charge is -2.30. The summed E-state index contributed by atoms with van der Waals surface area (Å²) in [5, 5.41) is 7.11. The van der Waals surface area contributed by atoms with E-state index in [-0.39, 0.29) is 5.82 Å². The van der Waals surface area contributed by atoms with Crippen LogP contribution in [0.1, 0.15) is 30.1 Å². The summed E-state index contributed by atoms with van der Waals surface area (Å²) in [6.45, 7) is 2.84. The van der Waals surface area contributed by atoms with Gasteiger partial charge in [0.1, 0.15) is 12.1 Å². The number of nitrogens with one attached hydrogen (secondary N) is 1. The molecule has 0 radical (unpaired) electrons. The molecule has 0 bridgehead atoms. The van der Waals surface area contributed by atoms with Crippen molar-refractivity contribution >= 4 is 0 Å². The van der Waals surface area contributed by atoms with Crippen LogP contribution < -0.4 is 0 Å². The Labute approximate surface area is 139 Å². The third kappa shape index (κ3) is 3.23. The summed E-state index contributed by atoms with van der Waals surface area (Å²) in [6.07, 6.45) is 5.74.